The number of urea groups is 1. The summed E-state index contributed by atoms with van der Waals surface area (Å²) in [7, 11) is 0. The Morgan fingerprint density at radius 2 is 2.00 bits per heavy atom. The van der Waals surface area contributed by atoms with Gasteiger partial charge in [0.15, 0.2) is 0 Å². The monoisotopic (exact) mass is 264 g/mol. The van der Waals surface area contributed by atoms with Gasteiger partial charge >= 0.3 is 12.0 Å². The van der Waals surface area contributed by atoms with Crippen molar-refractivity contribution in [3.8, 4) is 0 Å². The van der Waals surface area contributed by atoms with Crippen molar-refractivity contribution in [2.45, 2.75) is 31.1 Å². The van der Waals surface area contributed by atoms with E-state index in [-0.39, 0.29) is 13.0 Å². The molecule has 0 aromatic heterocycles. The van der Waals surface area contributed by atoms with E-state index in [0.29, 0.717) is 11.8 Å². The van der Waals surface area contributed by atoms with Gasteiger partial charge in [-0.1, -0.05) is 6.92 Å². The molecule has 0 aliphatic heterocycles. The first-order chi connectivity index (χ1) is 8.01. The molecular weight excluding hydrogens is 244 g/mol. The smallest absolute Gasteiger partial charge is 0.326 e. The first kappa shape index (κ1) is 16.1. The van der Waals surface area contributed by atoms with Crippen LogP contribution in [0.1, 0.15) is 19.8 Å². The van der Waals surface area contributed by atoms with Gasteiger partial charge in [0.2, 0.25) is 0 Å². The molecule has 2 amide bonds. The normalized spacial score (nSPS) is 13.8. The molecule has 0 saturated heterocycles. The molecule has 17 heavy (non-hydrogen) atoms. The van der Waals surface area contributed by atoms with Gasteiger partial charge in [-0.15, -0.1) is 0 Å². The number of aliphatic hydroxyl groups is 1. The minimum absolute atomic E-state index is 0.00394. The van der Waals surface area contributed by atoms with E-state index in [2.05, 4.69) is 17.6 Å². The number of aliphatic carboxylic acids is 1. The lowest BCUT2D eigenvalue weighted by Gasteiger charge is -2.14. The third-order valence-electron chi connectivity index (χ3n) is 2.26. The minimum Gasteiger partial charge on any atom is -0.480 e. The van der Waals surface area contributed by atoms with E-state index in [0.717, 1.165) is 6.42 Å². The Labute approximate surface area is 105 Å². The predicted molar refractivity (Wildman–Crippen MR) is 67.3 cm³/mol. The molecule has 7 heteroatoms. The molecule has 0 aliphatic carbocycles. The molecule has 1 unspecified atom stereocenters. The van der Waals surface area contributed by atoms with E-state index in [1.165, 1.54) is 0 Å². The van der Waals surface area contributed by atoms with Crippen molar-refractivity contribution in [2.24, 2.45) is 0 Å². The van der Waals surface area contributed by atoms with Crippen LogP contribution in [0.25, 0.3) is 0 Å². The average molecular weight is 264 g/mol. The first-order valence-electron chi connectivity index (χ1n) is 5.42. The second kappa shape index (κ2) is 9.12. The minimum atomic E-state index is -1.15. The molecule has 4 N–H and O–H groups in total. The number of amides is 2. The fraction of sp³-hybridized carbons (Fsp3) is 0.800. The molecule has 0 saturated carbocycles. The second-order valence-electron chi connectivity index (χ2n) is 3.64. The maximum atomic E-state index is 11.3. The number of thioether (sulfide) groups is 1. The summed E-state index contributed by atoms with van der Waals surface area (Å²) >= 11 is 1.70. The number of aliphatic hydroxyl groups excluding tert-OH is 1. The van der Waals surface area contributed by atoms with Gasteiger partial charge in [-0.05, 0) is 12.7 Å². The van der Waals surface area contributed by atoms with E-state index < -0.39 is 18.0 Å². The van der Waals surface area contributed by atoms with E-state index in [1.54, 1.807) is 11.8 Å². The zero-order chi connectivity index (χ0) is 13.3. The maximum Gasteiger partial charge on any atom is 0.326 e. The summed E-state index contributed by atoms with van der Waals surface area (Å²) in [5.41, 5.74) is 0. The number of rotatable bonds is 8. The Hall–Kier alpha value is -0.950. The second-order valence-corrected chi connectivity index (χ2v) is 4.91. The van der Waals surface area contributed by atoms with Gasteiger partial charge in [-0.3, -0.25) is 0 Å². The third kappa shape index (κ3) is 7.87. The molecule has 100 valence electrons. The van der Waals surface area contributed by atoms with Crippen molar-refractivity contribution >= 4 is 23.8 Å². The molecule has 0 fully saturated rings. The largest absolute Gasteiger partial charge is 0.480 e. The standard InChI is InChI=1S/C10H20N2O4S/c1-7(17-2)3-5-11-10(16)12-8(4-6-13)9(14)15/h7-8,13H,3-6H2,1-2H3,(H,14,15)(H2,11,12,16)/t7?,8-/m1/s1. The van der Waals surface area contributed by atoms with Gasteiger partial charge < -0.3 is 20.8 Å². The first-order valence-corrected chi connectivity index (χ1v) is 6.70. The SMILES string of the molecule is CSC(C)CCNC(=O)N[C@H](CCO)C(=O)O. The highest BCUT2D eigenvalue weighted by atomic mass is 32.2. The molecule has 0 aromatic rings. The number of carboxylic acid groups (broad SMARTS) is 1. The molecule has 0 aliphatic rings. The maximum absolute atomic E-state index is 11.3. The van der Waals surface area contributed by atoms with Crippen molar-refractivity contribution in [3.63, 3.8) is 0 Å². The summed E-state index contributed by atoms with van der Waals surface area (Å²) in [6, 6.07) is -1.56. The van der Waals surface area contributed by atoms with Gasteiger partial charge in [0.1, 0.15) is 6.04 Å². The van der Waals surface area contributed by atoms with Gasteiger partial charge in [-0.2, -0.15) is 11.8 Å². The lowest BCUT2D eigenvalue weighted by molar-refractivity contribution is -0.139. The van der Waals surface area contributed by atoms with Crippen LogP contribution in [-0.4, -0.2) is 52.9 Å². The van der Waals surface area contributed by atoms with Gasteiger partial charge in [0, 0.05) is 24.8 Å². The van der Waals surface area contributed by atoms with Crippen LogP contribution in [-0.2, 0) is 4.79 Å². The van der Waals surface area contributed by atoms with E-state index in [4.69, 9.17) is 10.2 Å². The van der Waals surface area contributed by atoms with Crippen molar-refractivity contribution in [3.05, 3.63) is 0 Å². The zero-order valence-electron chi connectivity index (χ0n) is 10.1. The van der Waals surface area contributed by atoms with Crippen LogP contribution < -0.4 is 10.6 Å². The Bertz CT molecular complexity index is 250. The highest BCUT2D eigenvalue weighted by Crippen LogP contribution is 2.07. The third-order valence-corrected chi connectivity index (χ3v) is 3.30. The highest BCUT2D eigenvalue weighted by molar-refractivity contribution is 7.99. The summed E-state index contributed by atoms with van der Waals surface area (Å²) in [4.78, 5) is 22.0. The molecule has 0 bridgehead atoms. The molecule has 0 aromatic carbocycles. The molecule has 6 nitrogen and oxygen atoms in total. The van der Waals surface area contributed by atoms with Crippen LogP contribution >= 0.6 is 11.8 Å². The Balaban J connectivity index is 3.86. The number of carbonyl (C=O) groups excluding carboxylic acids is 1. The predicted octanol–water partition coefficient (Wildman–Crippen LogP) is 0.263. The Morgan fingerprint density at radius 3 is 2.47 bits per heavy atom. The number of hydrogen-bond donors (Lipinski definition) is 4. The van der Waals surface area contributed by atoms with Crippen LogP contribution in [0.4, 0.5) is 4.79 Å². The van der Waals surface area contributed by atoms with Crippen LogP contribution in [0, 0.1) is 0 Å². The van der Waals surface area contributed by atoms with E-state index >= 15 is 0 Å². The summed E-state index contributed by atoms with van der Waals surface area (Å²) in [5.74, 6) is -1.15. The summed E-state index contributed by atoms with van der Waals surface area (Å²) in [6.45, 7) is 2.27. The molecule has 2 atom stereocenters. The molecule has 0 rings (SSSR count). The zero-order valence-corrected chi connectivity index (χ0v) is 10.9. The van der Waals surface area contributed by atoms with Crippen molar-refractivity contribution in [2.75, 3.05) is 19.4 Å². The molecule has 0 heterocycles. The summed E-state index contributed by atoms with van der Waals surface area (Å²) in [6.07, 6.45) is 2.82. The Morgan fingerprint density at radius 1 is 1.35 bits per heavy atom. The Kier molecular flexibility index (Phi) is 8.61. The van der Waals surface area contributed by atoms with Gasteiger partial charge in [0.05, 0.1) is 0 Å². The van der Waals surface area contributed by atoms with Gasteiger partial charge in [0.25, 0.3) is 0 Å². The molecule has 0 spiro atoms. The fourth-order valence-corrected chi connectivity index (χ4v) is 1.46. The molecule has 0 radical (unpaired) electrons. The van der Waals surface area contributed by atoms with Gasteiger partial charge in [-0.25, -0.2) is 9.59 Å². The quantitative estimate of drug-likeness (QED) is 0.504. The van der Waals surface area contributed by atoms with Crippen LogP contribution in [0.3, 0.4) is 0 Å². The molecular formula is C10H20N2O4S. The lowest BCUT2D eigenvalue weighted by Crippen LogP contribution is -2.46. The van der Waals surface area contributed by atoms with E-state index in [1.807, 2.05) is 6.26 Å². The average Bonchev–Trinajstić information content (AvgIpc) is 2.28. The van der Waals surface area contributed by atoms with Crippen molar-refractivity contribution in [1.29, 1.82) is 0 Å². The van der Waals surface area contributed by atoms with Crippen LogP contribution in [0.15, 0.2) is 0 Å². The fourth-order valence-electron chi connectivity index (χ4n) is 1.10. The van der Waals surface area contributed by atoms with Crippen LogP contribution in [0.2, 0.25) is 0 Å². The number of hydrogen-bond acceptors (Lipinski definition) is 4. The number of carbonyl (C=O) groups is 2. The summed E-state index contributed by atoms with van der Waals surface area (Å²) in [5, 5.41) is 22.7. The van der Waals surface area contributed by atoms with Crippen molar-refractivity contribution < 1.29 is 19.8 Å². The van der Waals surface area contributed by atoms with E-state index in [9.17, 15) is 9.59 Å². The van der Waals surface area contributed by atoms with Crippen molar-refractivity contribution in [1.82, 2.24) is 10.6 Å². The highest BCUT2D eigenvalue weighted by Gasteiger charge is 2.18. The summed E-state index contributed by atoms with van der Waals surface area (Å²) < 4.78 is 0. The topological polar surface area (TPSA) is 98.7 Å². The lowest BCUT2D eigenvalue weighted by atomic mass is 10.2. The van der Waals surface area contributed by atoms with Crippen LogP contribution in [0.5, 0.6) is 0 Å². The number of carboxylic acids is 1. The number of nitrogens with one attached hydrogen (secondary N) is 2.